The Hall–Kier alpha value is 0. The van der Waals surface area contributed by atoms with Crippen molar-refractivity contribution in [1.29, 1.82) is 0 Å². The van der Waals surface area contributed by atoms with E-state index in [-0.39, 0.29) is 0 Å². The third-order valence-corrected chi connectivity index (χ3v) is 2.38. The van der Waals surface area contributed by atoms with Crippen LogP contribution in [0.4, 0.5) is 0 Å². The van der Waals surface area contributed by atoms with E-state index in [0.29, 0.717) is 0 Å². The lowest BCUT2D eigenvalue weighted by Crippen LogP contribution is -2.05. The van der Waals surface area contributed by atoms with Crippen LogP contribution in [0.5, 0.6) is 0 Å². The predicted octanol–water partition coefficient (Wildman–Crippen LogP) is 4.10. The lowest BCUT2D eigenvalue weighted by Gasteiger charge is -2.17. The van der Waals surface area contributed by atoms with E-state index < -0.39 is 0 Å². The van der Waals surface area contributed by atoms with E-state index in [9.17, 15) is 0 Å². The van der Waals surface area contributed by atoms with Crippen LogP contribution in [0.2, 0.25) is 0 Å². The smallest absolute Gasteiger partial charge is 0.0438 e. The molecule has 11 heavy (non-hydrogen) atoms. The first-order chi connectivity index (χ1) is 5.06. The van der Waals surface area contributed by atoms with Crippen molar-refractivity contribution in [3.63, 3.8) is 0 Å². The SMILES string of the molecule is CC[C@@H](C)C[C@@H](C)CC(C)C. The minimum atomic E-state index is 0.869. The fraction of sp³-hybridized carbons (Fsp3) is 1.00. The van der Waals surface area contributed by atoms with Crippen LogP contribution in [0, 0.1) is 17.8 Å². The second kappa shape index (κ2) is 5.62. The van der Waals surface area contributed by atoms with Gasteiger partial charge in [-0.2, -0.15) is 0 Å². The zero-order valence-electron chi connectivity index (χ0n) is 8.85. The summed E-state index contributed by atoms with van der Waals surface area (Å²) in [4.78, 5) is 0. The van der Waals surface area contributed by atoms with Crippen molar-refractivity contribution in [1.82, 2.24) is 0 Å². The van der Waals surface area contributed by atoms with Crippen molar-refractivity contribution < 1.29 is 0 Å². The molecule has 0 bridgehead atoms. The minimum Gasteiger partial charge on any atom is -0.0651 e. The topological polar surface area (TPSA) is 0 Å². The average Bonchev–Trinajstić information content (AvgIpc) is 1.85. The number of hydrogen-bond acceptors (Lipinski definition) is 0. The fourth-order valence-electron chi connectivity index (χ4n) is 1.75. The molecular formula is C11H24. The standard InChI is InChI=1S/C11H24/c1-6-10(4)8-11(5)7-9(2)3/h9-11H,6-8H2,1-5H3/t10-,11+/m1/s1. The molecule has 0 aliphatic heterocycles. The molecule has 0 saturated carbocycles. The summed E-state index contributed by atoms with van der Waals surface area (Å²) in [6, 6.07) is 0. The molecule has 0 spiro atoms. The van der Waals surface area contributed by atoms with Crippen molar-refractivity contribution in [2.75, 3.05) is 0 Å². The van der Waals surface area contributed by atoms with Crippen LogP contribution in [0.1, 0.15) is 53.9 Å². The second-order valence-electron chi connectivity index (χ2n) is 4.48. The van der Waals surface area contributed by atoms with Crippen LogP contribution in [0.3, 0.4) is 0 Å². The van der Waals surface area contributed by atoms with E-state index in [0.717, 1.165) is 17.8 Å². The largest absolute Gasteiger partial charge is 0.0651 e. The highest BCUT2D eigenvalue weighted by Gasteiger charge is 2.08. The Labute approximate surface area is 72.4 Å². The summed E-state index contributed by atoms with van der Waals surface area (Å²) >= 11 is 0. The molecule has 0 unspecified atom stereocenters. The van der Waals surface area contributed by atoms with Gasteiger partial charge in [0, 0.05) is 0 Å². The Bertz CT molecular complexity index is 84.0. The summed E-state index contributed by atoms with van der Waals surface area (Å²) in [5, 5.41) is 0. The van der Waals surface area contributed by atoms with Gasteiger partial charge in [0.25, 0.3) is 0 Å². The van der Waals surface area contributed by atoms with E-state index >= 15 is 0 Å². The quantitative estimate of drug-likeness (QED) is 0.562. The van der Waals surface area contributed by atoms with Gasteiger partial charge in [0.2, 0.25) is 0 Å². The highest BCUT2D eigenvalue weighted by Crippen LogP contribution is 2.20. The first kappa shape index (κ1) is 11.0. The molecule has 0 aromatic carbocycles. The summed E-state index contributed by atoms with van der Waals surface area (Å²) in [5.41, 5.74) is 0. The van der Waals surface area contributed by atoms with Crippen LogP contribution in [-0.2, 0) is 0 Å². The molecule has 0 aliphatic carbocycles. The molecular weight excluding hydrogens is 132 g/mol. The monoisotopic (exact) mass is 156 g/mol. The molecule has 68 valence electrons. The van der Waals surface area contributed by atoms with E-state index in [1.54, 1.807) is 0 Å². The average molecular weight is 156 g/mol. The van der Waals surface area contributed by atoms with Gasteiger partial charge in [0.1, 0.15) is 0 Å². The van der Waals surface area contributed by atoms with Gasteiger partial charge in [0.05, 0.1) is 0 Å². The molecule has 0 aliphatic rings. The fourth-order valence-corrected chi connectivity index (χ4v) is 1.75. The predicted molar refractivity (Wildman–Crippen MR) is 52.7 cm³/mol. The Morgan fingerprint density at radius 1 is 0.818 bits per heavy atom. The van der Waals surface area contributed by atoms with E-state index in [1.807, 2.05) is 0 Å². The zero-order chi connectivity index (χ0) is 8.85. The van der Waals surface area contributed by atoms with Crippen molar-refractivity contribution in [2.24, 2.45) is 17.8 Å². The Morgan fingerprint density at radius 3 is 1.73 bits per heavy atom. The summed E-state index contributed by atoms with van der Waals surface area (Å²) in [7, 11) is 0. The maximum absolute atomic E-state index is 2.38. The van der Waals surface area contributed by atoms with Gasteiger partial charge < -0.3 is 0 Å². The highest BCUT2D eigenvalue weighted by molar-refractivity contribution is 4.60. The first-order valence-electron chi connectivity index (χ1n) is 5.06. The van der Waals surface area contributed by atoms with Crippen molar-refractivity contribution in [3.05, 3.63) is 0 Å². The van der Waals surface area contributed by atoms with Crippen LogP contribution in [0.25, 0.3) is 0 Å². The molecule has 0 aromatic rings. The minimum absolute atomic E-state index is 0.869. The Morgan fingerprint density at radius 2 is 1.36 bits per heavy atom. The normalized spacial score (nSPS) is 16.9. The third kappa shape index (κ3) is 6.40. The summed E-state index contributed by atoms with van der Waals surface area (Å²) in [6.45, 7) is 11.6. The summed E-state index contributed by atoms with van der Waals surface area (Å²) in [6.07, 6.45) is 4.14. The van der Waals surface area contributed by atoms with Crippen molar-refractivity contribution in [2.45, 2.75) is 53.9 Å². The molecule has 0 saturated heterocycles. The van der Waals surface area contributed by atoms with Crippen LogP contribution in [0.15, 0.2) is 0 Å². The third-order valence-electron chi connectivity index (χ3n) is 2.38. The molecule has 0 amide bonds. The molecule has 0 heterocycles. The van der Waals surface area contributed by atoms with Crippen molar-refractivity contribution >= 4 is 0 Å². The van der Waals surface area contributed by atoms with Gasteiger partial charge in [-0.05, 0) is 30.6 Å². The molecule has 2 atom stereocenters. The van der Waals surface area contributed by atoms with Gasteiger partial charge in [-0.25, -0.2) is 0 Å². The van der Waals surface area contributed by atoms with Gasteiger partial charge in [-0.1, -0.05) is 41.0 Å². The lowest BCUT2D eigenvalue weighted by atomic mass is 9.89. The molecule has 0 nitrogen and oxygen atoms in total. The van der Waals surface area contributed by atoms with Crippen LogP contribution < -0.4 is 0 Å². The highest BCUT2D eigenvalue weighted by atomic mass is 14.1. The lowest BCUT2D eigenvalue weighted by molar-refractivity contribution is 0.350. The van der Waals surface area contributed by atoms with Gasteiger partial charge in [0.15, 0.2) is 0 Å². The number of hydrogen-bond donors (Lipinski definition) is 0. The maximum atomic E-state index is 2.38. The summed E-state index contributed by atoms with van der Waals surface area (Å²) < 4.78 is 0. The molecule has 0 rings (SSSR count). The van der Waals surface area contributed by atoms with E-state index in [2.05, 4.69) is 34.6 Å². The first-order valence-corrected chi connectivity index (χ1v) is 5.06. The van der Waals surface area contributed by atoms with Gasteiger partial charge in [-0.3, -0.25) is 0 Å². The Kier molecular flexibility index (Phi) is 5.62. The van der Waals surface area contributed by atoms with E-state index in [4.69, 9.17) is 0 Å². The van der Waals surface area contributed by atoms with Crippen molar-refractivity contribution in [3.8, 4) is 0 Å². The Balaban J connectivity index is 3.43. The molecule has 0 fully saturated rings. The molecule has 0 N–H and O–H groups in total. The molecule has 0 heteroatoms. The molecule has 0 radical (unpaired) electrons. The maximum Gasteiger partial charge on any atom is -0.0438 e. The van der Waals surface area contributed by atoms with E-state index in [1.165, 1.54) is 19.3 Å². The van der Waals surface area contributed by atoms with Gasteiger partial charge >= 0.3 is 0 Å². The van der Waals surface area contributed by atoms with Gasteiger partial charge in [-0.15, -0.1) is 0 Å². The summed E-state index contributed by atoms with van der Waals surface area (Å²) in [5.74, 6) is 2.71. The van der Waals surface area contributed by atoms with Crippen LogP contribution in [-0.4, -0.2) is 0 Å². The number of rotatable bonds is 5. The zero-order valence-corrected chi connectivity index (χ0v) is 8.85. The molecule has 0 aromatic heterocycles. The van der Waals surface area contributed by atoms with Crippen LogP contribution >= 0.6 is 0 Å². The second-order valence-corrected chi connectivity index (χ2v) is 4.48.